The van der Waals surface area contributed by atoms with E-state index in [1.165, 1.54) is 98.6 Å². The van der Waals surface area contributed by atoms with Crippen molar-refractivity contribution in [2.24, 2.45) is 0 Å². The SMILES string of the molecule is c1ccc(-n2c3ccccc3c3ccc(N(c4ccc5ccccc5c4)c4ccc5c6c(cccc46)C4(c6ccccc6-c6cccc7cccc4c67)c4ccccc4-5)cc32)cc1. The highest BCUT2D eigenvalue weighted by Crippen LogP contribution is 2.61. The van der Waals surface area contributed by atoms with Crippen LogP contribution >= 0.6 is 0 Å². The minimum Gasteiger partial charge on any atom is -0.310 e. The van der Waals surface area contributed by atoms with Crippen molar-refractivity contribution in [1.82, 2.24) is 4.57 Å². The van der Waals surface area contributed by atoms with Gasteiger partial charge in [-0.2, -0.15) is 0 Å². The van der Waals surface area contributed by atoms with Gasteiger partial charge in [-0.1, -0.05) is 182 Å². The molecule has 0 amide bonds. The summed E-state index contributed by atoms with van der Waals surface area (Å²) in [7, 11) is 0. The van der Waals surface area contributed by atoms with Crippen molar-refractivity contribution < 1.29 is 0 Å². The third kappa shape index (κ3) is 4.62. The lowest BCUT2D eigenvalue weighted by atomic mass is 9.55. The first-order chi connectivity index (χ1) is 31.3. The van der Waals surface area contributed by atoms with Gasteiger partial charge in [0.25, 0.3) is 0 Å². The van der Waals surface area contributed by atoms with Gasteiger partial charge in [0.15, 0.2) is 0 Å². The molecule has 2 heteroatoms. The van der Waals surface area contributed by atoms with Gasteiger partial charge in [0, 0.05) is 33.2 Å². The number of hydrogen-bond acceptors (Lipinski definition) is 1. The van der Waals surface area contributed by atoms with Crippen molar-refractivity contribution in [3.63, 3.8) is 0 Å². The zero-order valence-corrected chi connectivity index (χ0v) is 34.3. The summed E-state index contributed by atoms with van der Waals surface area (Å²) in [6.07, 6.45) is 0. The fourth-order valence-corrected chi connectivity index (χ4v) is 11.7. The number of anilines is 3. The maximum Gasteiger partial charge on any atom is 0.0725 e. The number of hydrogen-bond donors (Lipinski definition) is 0. The summed E-state index contributed by atoms with van der Waals surface area (Å²) in [5.41, 5.74) is 16.8. The van der Waals surface area contributed by atoms with E-state index in [1.54, 1.807) is 0 Å². The average molecular weight is 799 g/mol. The Morgan fingerprint density at radius 3 is 1.70 bits per heavy atom. The van der Waals surface area contributed by atoms with E-state index in [4.69, 9.17) is 0 Å². The number of rotatable bonds is 4. The van der Waals surface area contributed by atoms with Crippen molar-refractivity contribution in [2.45, 2.75) is 5.41 Å². The van der Waals surface area contributed by atoms with Gasteiger partial charge >= 0.3 is 0 Å². The third-order valence-corrected chi connectivity index (χ3v) is 14.1. The lowest BCUT2D eigenvalue weighted by Gasteiger charge is -2.46. The first-order valence-electron chi connectivity index (χ1n) is 21.9. The van der Waals surface area contributed by atoms with Crippen LogP contribution in [-0.4, -0.2) is 4.57 Å². The summed E-state index contributed by atoms with van der Waals surface area (Å²) >= 11 is 0. The monoisotopic (exact) mass is 798 g/mol. The van der Waals surface area contributed by atoms with E-state index in [2.05, 4.69) is 240 Å². The standard InChI is InChI=1S/C61H38N2/c1-2-19-42(20-3-1)63-56-30-11-8-23-47(56)48-34-33-44(38-58(48)63)62(43-32-31-39-15-4-5-16-41(39)37-43)57-36-35-50-46-22-7-10-27-53(46)61(55-29-14-25-51(57)60(50)55)52-26-9-6-21-45(52)49-24-12-17-40-18-13-28-54(61)59(40)49/h1-38H. The van der Waals surface area contributed by atoms with E-state index in [-0.39, 0.29) is 0 Å². The molecule has 12 aromatic rings. The Labute approximate surface area is 365 Å². The van der Waals surface area contributed by atoms with E-state index < -0.39 is 5.41 Å². The van der Waals surface area contributed by atoms with Gasteiger partial charge in [-0.25, -0.2) is 0 Å². The molecule has 1 atom stereocenters. The predicted octanol–water partition coefficient (Wildman–Crippen LogP) is 16.1. The number of nitrogens with zero attached hydrogens (tertiary/aromatic N) is 2. The molecule has 1 spiro atoms. The molecule has 2 aliphatic carbocycles. The Hall–Kier alpha value is -8.20. The summed E-state index contributed by atoms with van der Waals surface area (Å²) in [4.78, 5) is 2.50. The molecule has 14 rings (SSSR count). The van der Waals surface area contributed by atoms with Crippen molar-refractivity contribution in [3.8, 4) is 27.9 Å². The van der Waals surface area contributed by atoms with E-state index >= 15 is 0 Å². The average Bonchev–Trinajstić information content (AvgIpc) is 3.68. The molecule has 0 aliphatic heterocycles. The minimum absolute atomic E-state index is 0.546. The van der Waals surface area contributed by atoms with E-state index in [1.807, 2.05) is 0 Å². The maximum atomic E-state index is 2.50. The van der Waals surface area contributed by atoms with Crippen LogP contribution in [0.25, 0.3) is 82.1 Å². The molecule has 1 heterocycles. The van der Waals surface area contributed by atoms with Gasteiger partial charge < -0.3 is 9.47 Å². The molecule has 11 aromatic carbocycles. The molecule has 0 saturated heterocycles. The first kappa shape index (κ1) is 34.5. The predicted molar refractivity (Wildman–Crippen MR) is 264 cm³/mol. The molecule has 1 aromatic heterocycles. The van der Waals surface area contributed by atoms with Crippen LogP contribution in [0, 0.1) is 0 Å². The Morgan fingerprint density at radius 1 is 0.317 bits per heavy atom. The van der Waals surface area contributed by atoms with Gasteiger partial charge in [0.05, 0.1) is 22.1 Å². The van der Waals surface area contributed by atoms with E-state index in [0.717, 1.165) is 22.7 Å². The molecule has 0 N–H and O–H groups in total. The van der Waals surface area contributed by atoms with Crippen LogP contribution in [0.15, 0.2) is 231 Å². The van der Waals surface area contributed by atoms with E-state index in [0.29, 0.717) is 0 Å². The summed E-state index contributed by atoms with van der Waals surface area (Å²) in [5, 5.41) is 10.0. The van der Waals surface area contributed by atoms with Gasteiger partial charge in [-0.3, -0.25) is 0 Å². The molecular formula is C61H38N2. The Balaban J connectivity index is 1.10. The van der Waals surface area contributed by atoms with Gasteiger partial charge in [0.1, 0.15) is 0 Å². The zero-order valence-electron chi connectivity index (χ0n) is 34.3. The Kier molecular flexibility index (Phi) is 7.07. The number of fused-ring (bicyclic) bond motifs is 12. The van der Waals surface area contributed by atoms with Crippen molar-refractivity contribution >= 4 is 71.2 Å². The summed E-state index contributed by atoms with van der Waals surface area (Å²) in [6.45, 7) is 0. The number of para-hydroxylation sites is 2. The summed E-state index contributed by atoms with van der Waals surface area (Å²) < 4.78 is 2.42. The Morgan fingerprint density at radius 2 is 0.873 bits per heavy atom. The van der Waals surface area contributed by atoms with Gasteiger partial charge in [-0.05, 0) is 120 Å². The lowest BCUT2D eigenvalue weighted by molar-refractivity contribution is 0.754. The second kappa shape index (κ2) is 12.9. The van der Waals surface area contributed by atoms with Crippen LogP contribution in [0.2, 0.25) is 0 Å². The van der Waals surface area contributed by atoms with Crippen LogP contribution in [0.4, 0.5) is 17.1 Å². The molecule has 0 radical (unpaired) electrons. The zero-order chi connectivity index (χ0) is 41.2. The third-order valence-electron chi connectivity index (χ3n) is 14.1. The van der Waals surface area contributed by atoms with Crippen LogP contribution in [0.1, 0.15) is 22.3 Å². The van der Waals surface area contributed by atoms with Crippen molar-refractivity contribution in [1.29, 1.82) is 0 Å². The summed E-state index contributed by atoms with van der Waals surface area (Å²) in [6, 6.07) is 86.1. The first-order valence-corrected chi connectivity index (χ1v) is 21.9. The normalized spacial score (nSPS) is 14.7. The highest BCUT2D eigenvalue weighted by molar-refractivity contribution is 6.15. The van der Waals surface area contributed by atoms with Gasteiger partial charge in [0.2, 0.25) is 0 Å². The van der Waals surface area contributed by atoms with Crippen LogP contribution in [-0.2, 0) is 5.41 Å². The summed E-state index contributed by atoms with van der Waals surface area (Å²) in [5.74, 6) is 0. The van der Waals surface area contributed by atoms with Crippen LogP contribution < -0.4 is 4.90 Å². The topological polar surface area (TPSA) is 8.17 Å². The maximum absolute atomic E-state index is 2.50. The lowest BCUT2D eigenvalue weighted by Crippen LogP contribution is -2.36. The number of benzene rings is 11. The number of aromatic nitrogens is 1. The fourth-order valence-electron chi connectivity index (χ4n) is 11.7. The minimum atomic E-state index is -0.546. The molecule has 2 nitrogen and oxygen atoms in total. The second-order valence-electron chi connectivity index (χ2n) is 17.2. The van der Waals surface area contributed by atoms with Crippen LogP contribution in [0.5, 0.6) is 0 Å². The highest BCUT2D eigenvalue weighted by Gasteiger charge is 2.48. The largest absolute Gasteiger partial charge is 0.310 e. The fraction of sp³-hybridized carbons (Fsp3) is 0.0164. The second-order valence-corrected chi connectivity index (χ2v) is 17.2. The molecule has 0 bridgehead atoms. The quantitative estimate of drug-likeness (QED) is 0.172. The molecule has 1 unspecified atom stereocenters. The molecule has 292 valence electrons. The highest BCUT2D eigenvalue weighted by atomic mass is 15.1. The van der Waals surface area contributed by atoms with Crippen molar-refractivity contribution in [3.05, 3.63) is 253 Å². The smallest absolute Gasteiger partial charge is 0.0725 e. The molecule has 0 fully saturated rings. The molecule has 0 saturated carbocycles. The van der Waals surface area contributed by atoms with E-state index in [9.17, 15) is 0 Å². The van der Waals surface area contributed by atoms with Crippen molar-refractivity contribution in [2.75, 3.05) is 4.90 Å². The Bertz CT molecular complexity index is 3870. The molecule has 63 heavy (non-hydrogen) atoms. The molecular weight excluding hydrogens is 761 g/mol. The van der Waals surface area contributed by atoms with Gasteiger partial charge in [-0.15, -0.1) is 0 Å². The van der Waals surface area contributed by atoms with Crippen LogP contribution in [0.3, 0.4) is 0 Å². The molecule has 2 aliphatic rings.